The Balaban J connectivity index is 2.11. The number of nitrogens with two attached hydrogens (primary N) is 1. The lowest BCUT2D eigenvalue weighted by Gasteiger charge is -2.08. The van der Waals surface area contributed by atoms with E-state index < -0.39 is 12.0 Å². The van der Waals surface area contributed by atoms with E-state index in [1.54, 1.807) is 12.1 Å². The average Bonchev–Trinajstić information content (AvgIpc) is 2.40. The van der Waals surface area contributed by atoms with E-state index >= 15 is 0 Å². The molecule has 0 aliphatic carbocycles. The first-order chi connectivity index (χ1) is 8.66. The highest BCUT2D eigenvalue weighted by Gasteiger charge is 2.13. The van der Waals surface area contributed by atoms with Gasteiger partial charge in [-0.3, -0.25) is 4.79 Å². The number of benzene rings is 2. The molecule has 0 aliphatic heterocycles. The zero-order valence-electron chi connectivity index (χ0n) is 9.91. The maximum Gasteiger partial charge on any atom is 0.325 e. The third kappa shape index (κ3) is 2.96. The normalized spacial score (nSPS) is 12.1. The van der Waals surface area contributed by atoms with Gasteiger partial charge in [0.2, 0.25) is 0 Å². The average molecular weight is 241 g/mol. The predicted molar refractivity (Wildman–Crippen MR) is 70.3 cm³/mol. The summed E-state index contributed by atoms with van der Waals surface area (Å²) in [6.07, 6.45) is 0.837. The zero-order chi connectivity index (χ0) is 13.0. The van der Waals surface area contributed by atoms with Gasteiger partial charge in [0.15, 0.2) is 0 Å². The van der Waals surface area contributed by atoms with Crippen molar-refractivity contribution in [3.63, 3.8) is 0 Å². The summed E-state index contributed by atoms with van der Waals surface area (Å²) in [5, 5.41) is 8.81. The van der Waals surface area contributed by atoms with E-state index in [-0.39, 0.29) is 0 Å². The van der Waals surface area contributed by atoms with Crippen molar-refractivity contribution in [1.82, 2.24) is 0 Å². The highest BCUT2D eigenvalue weighted by molar-refractivity contribution is 5.75. The van der Waals surface area contributed by atoms with Crippen LogP contribution in [0.1, 0.15) is 22.7 Å². The third-order valence-electron chi connectivity index (χ3n) is 2.86. The summed E-state index contributed by atoms with van der Waals surface area (Å²) in [6, 6.07) is 16.6. The van der Waals surface area contributed by atoms with Gasteiger partial charge in [0.25, 0.3) is 0 Å². The number of aliphatic carboxylic acids is 1. The fourth-order valence-corrected chi connectivity index (χ4v) is 1.82. The van der Waals surface area contributed by atoms with E-state index in [4.69, 9.17) is 10.8 Å². The van der Waals surface area contributed by atoms with E-state index in [1.165, 1.54) is 5.56 Å². The fourth-order valence-electron chi connectivity index (χ4n) is 1.82. The van der Waals surface area contributed by atoms with Crippen LogP contribution in [0.2, 0.25) is 0 Å². The number of carboxylic acids is 1. The number of carboxylic acid groups (broad SMARTS) is 1. The first kappa shape index (κ1) is 12.3. The summed E-state index contributed by atoms with van der Waals surface area (Å²) in [4.78, 5) is 10.8. The van der Waals surface area contributed by atoms with E-state index in [0.29, 0.717) is 5.56 Å². The topological polar surface area (TPSA) is 63.3 Å². The molecule has 3 heteroatoms. The molecule has 0 amide bonds. The molecule has 3 nitrogen and oxygen atoms in total. The molecule has 92 valence electrons. The Bertz CT molecular complexity index is 520. The largest absolute Gasteiger partial charge is 0.480 e. The van der Waals surface area contributed by atoms with Crippen molar-refractivity contribution >= 4 is 5.97 Å². The molecule has 0 saturated heterocycles. The number of hydrogen-bond acceptors (Lipinski definition) is 2. The molecule has 0 spiro atoms. The summed E-state index contributed by atoms with van der Waals surface area (Å²) in [7, 11) is 0. The van der Waals surface area contributed by atoms with E-state index in [9.17, 15) is 4.79 Å². The Labute approximate surface area is 106 Å². The number of carbonyl (C=O) groups is 1. The van der Waals surface area contributed by atoms with Crippen molar-refractivity contribution in [3.8, 4) is 0 Å². The molecule has 0 bridgehead atoms. The first-order valence-corrected chi connectivity index (χ1v) is 5.78. The summed E-state index contributed by atoms with van der Waals surface area (Å²) in [5.41, 5.74) is 8.54. The van der Waals surface area contributed by atoms with Gasteiger partial charge < -0.3 is 10.8 Å². The maximum absolute atomic E-state index is 10.8. The number of rotatable bonds is 4. The van der Waals surface area contributed by atoms with Crippen LogP contribution in [0.5, 0.6) is 0 Å². The Morgan fingerprint density at radius 1 is 1.00 bits per heavy atom. The van der Waals surface area contributed by atoms with Gasteiger partial charge in [-0.05, 0) is 23.1 Å². The van der Waals surface area contributed by atoms with Crippen LogP contribution in [0.15, 0.2) is 54.6 Å². The van der Waals surface area contributed by atoms with Crippen molar-refractivity contribution in [2.45, 2.75) is 12.5 Å². The van der Waals surface area contributed by atoms with Gasteiger partial charge in [0, 0.05) is 0 Å². The Hall–Kier alpha value is -2.13. The number of hydrogen-bond donors (Lipinski definition) is 2. The van der Waals surface area contributed by atoms with Crippen LogP contribution in [0.25, 0.3) is 0 Å². The minimum Gasteiger partial charge on any atom is -0.480 e. The third-order valence-corrected chi connectivity index (χ3v) is 2.86. The Morgan fingerprint density at radius 3 is 2.11 bits per heavy atom. The summed E-state index contributed by atoms with van der Waals surface area (Å²) in [5.74, 6) is -1.01. The minimum atomic E-state index is -1.01. The van der Waals surface area contributed by atoms with Crippen molar-refractivity contribution in [1.29, 1.82) is 0 Å². The van der Waals surface area contributed by atoms with Crippen LogP contribution in [0.3, 0.4) is 0 Å². The van der Waals surface area contributed by atoms with Crippen molar-refractivity contribution in [2.24, 2.45) is 5.73 Å². The lowest BCUT2D eigenvalue weighted by molar-refractivity contribution is -0.138. The molecule has 3 N–H and O–H groups in total. The zero-order valence-corrected chi connectivity index (χ0v) is 9.91. The minimum absolute atomic E-state index is 0.624. The quantitative estimate of drug-likeness (QED) is 0.863. The SMILES string of the molecule is N[C@H](C(=O)O)c1ccc(Cc2ccccc2)cc1. The van der Waals surface area contributed by atoms with Crippen LogP contribution in [-0.4, -0.2) is 11.1 Å². The van der Waals surface area contributed by atoms with Gasteiger partial charge in [-0.1, -0.05) is 54.6 Å². The monoisotopic (exact) mass is 241 g/mol. The Morgan fingerprint density at radius 2 is 1.56 bits per heavy atom. The van der Waals surface area contributed by atoms with E-state index in [0.717, 1.165) is 12.0 Å². The molecule has 0 heterocycles. The van der Waals surface area contributed by atoms with Crippen molar-refractivity contribution < 1.29 is 9.90 Å². The summed E-state index contributed by atoms with van der Waals surface area (Å²) >= 11 is 0. The maximum atomic E-state index is 10.8. The molecule has 0 unspecified atom stereocenters. The first-order valence-electron chi connectivity index (χ1n) is 5.78. The van der Waals surface area contributed by atoms with Crippen molar-refractivity contribution in [2.75, 3.05) is 0 Å². The van der Waals surface area contributed by atoms with E-state index in [1.807, 2.05) is 30.3 Å². The van der Waals surface area contributed by atoms with Crippen LogP contribution in [0, 0.1) is 0 Å². The lowest BCUT2D eigenvalue weighted by Crippen LogP contribution is -2.20. The molecule has 2 aromatic rings. The van der Waals surface area contributed by atoms with Crippen LogP contribution < -0.4 is 5.73 Å². The van der Waals surface area contributed by atoms with E-state index in [2.05, 4.69) is 12.1 Å². The van der Waals surface area contributed by atoms with Gasteiger partial charge in [0.1, 0.15) is 6.04 Å². The molecule has 0 aromatic heterocycles. The molecule has 0 radical (unpaired) electrons. The highest BCUT2D eigenvalue weighted by Crippen LogP contribution is 2.14. The molecule has 0 fully saturated rings. The van der Waals surface area contributed by atoms with Gasteiger partial charge in [-0.25, -0.2) is 0 Å². The summed E-state index contributed by atoms with van der Waals surface area (Å²) in [6.45, 7) is 0. The van der Waals surface area contributed by atoms with Crippen LogP contribution in [-0.2, 0) is 11.2 Å². The molecule has 2 aromatic carbocycles. The molecule has 0 saturated carbocycles. The van der Waals surface area contributed by atoms with Gasteiger partial charge in [0.05, 0.1) is 0 Å². The molecular weight excluding hydrogens is 226 g/mol. The molecule has 2 rings (SSSR count). The van der Waals surface area contributed by atoms with Gasteiger partial charge >= 0.3 is 5.97 Å². The smallest absolute Gasteiger partial charge is 0.325 e. The highest BCUT2D eigenvalue weighted by atomic mass is 16.4. The predicted octanol–water partition coefficient (Wildman–Crippen LogP) is 2.36. The Kier molecular flexibility index (Phi) is 3.75. The van der Waals surface area contributed by atoms with Gasteiger partial charge in [-0.2, -0.15) is 0 Å². The van der Waals surface area contributed by atoms with Crippen LogP contribution >= 0.6 is 0 Å². The fraction of sp³-hybridized carbons (Fsp3) is 0.133. The summed E-state index contributed by atoms with van der Waals surface area (Å²) < 4.78 is 0. The molecule has 1 atom stereocenters. The molecule has 0 aliphatic rings. The standard InChI is InChI=1S/C15H15NO2/c16-14(15(17)18)13-8-6-12(7-9-13)10-11-4-2-1-3-5-11/h1-9,14H,10,16H2,(H,17,18)/t14-/m0/s1. The van der Waals surface area contributed by atoms with Crippen molar-refractivity contribution in [3.05, 3.63) is 71.3 Å². The molecule has 18 heavy (non-hydrogen) atoms. The second-order valence-corrected chi connectivity index (χ2v) is 4.22. The lowest BCUT2D eigenvalue weighted by atomic mass is 10.0. The second kappa shape index (κ2) is 5.47. The van der Waals surface area contributed by atoms with Gasteiger partial charge in [-0.15, -0.1) is 0 Å². The molecular formula is C15H15NO2. The van der Waals surface area contributed by atoms with Crippen LogP contribution in [0.4, 0.5) is 0 Å². The second-order valence-electron chi connectivity index (χ2n) is 4.22.